The van der Waals surface area contributed by atoms with Crippen molar-refractivity contribution in [2.45, 2.75) is 19.3 Å². The third-order valence-electron chi connectivity index (χ3n) is 1.81. The van der Waals surface area contributed by atoms with Gasteiger partial charge in [-0.1, -0.05) is 12.2 Å². The number of hydrazone groups is 1. The summed E-state index contributed by atoms with van der Waals surface area (Å²) < 4.78 is 0. The summed E-state index contributed by atoms with van der Waals surface area (Å²) in [4.78, 5) is 0. The lowest BCUT2D eigenvalue weighted by atomic mass is 9.96. The molecule has 0 aromatic carbocycles. The predicted molar refractivity (Wildman–Crippen MR) is 49.3 cm³/mol. The topological polar surface area (TPSA) is 78.4 Å². The van der Waals surface area contributed by atoms with E-state index < -0.39 is 0 Å². The summed E-state index contributed by atoms with van der Waals surface area (Å²) in [6.45, 7) is 0. The summed E-state index contributed by atoms with van der Waals surface area (Å²) in [5.41, 5.74) is 10.3. The van der Waals surface area contributed by atoms with Crippen LogP contribution in [0.15, 0.2) is 17.3 Å². The molecule has 5 N–H and O–H groups in total. The summed E-state index contributed by atoms with van der Waals surface area (Å²) in [6, 6.07) is 0. The highest BCUT2D eigenvalue weighted by Crippen LogP contribution is 2.14. The van der Waals surface area contributed by atoms with Crippen molar-refractivity contribution in [1.82, 2.24) is 0 Å². The van der Waals surface area contributed by atoms with Gasteiger partial charge in [0.05, 0.1) is 0 Å². The van der Waals surface area contributed by atoms with Gasteiger partial charge in [-0.2, -0.15) is 0 Å². The van der Waals surface area contributed by atoms with E-state index in [0.717, 1.165) is 12.8 Å². The summed E-state index contributed by atoms with van der Waals surface area (Å²) in [5, 5.41) is 6.39. The molecular formula is C8H15N4+. The molecule has 0 aliphatic heterocycles. The van der Waals surface area contributed by atoms with Crippen LogP contribution in [-0.2, 0) is 0 Å². The second kappa shape index (κ2) is 4.54. The van der Waals surface area contributed by atoms with Crippen LogP contribution in [0.2, 0.25) is 0 Å². The van der Waals surface area contributed by atoms with Gasteiger partial charge < -0.3 is 11.5 Å². The predicted octanol–water partition coefficient (Wildman–Crippen LogP) is -1.32. The Balaban J connectivity index is 2.35. The number of rotatable bonds is 2. The monoisotopic (exact) mass is 167 g/mol. The number of nitrogens with zero attached hydrogens (tertiary/aromatic N) is 1. The molecule has 0 saturated carbocycles. The number of allylic oxidation sites excluding steroid dienone is 2. The zero-order chi connectivity index (χ0) is 8.81. The number of nitrogens with two attached hydrogens (primary N) is 2. The summed E-state index contributed by atoms with van der Waals surface area (Å²) in [7, 11) is 0. The third-order valence-corrected chi connectivity index (χ3v) is 1.81. The molecule has 0 amide bonds. The van der Waals surface area contributed by atoms with Crippen molar-refractivity contribution in [2.75, 3.05) is 0 Å². The van der Waals surface area contributed by atoms with E-state index in [-0.39, 0.29) is 5.96 Å². The molecule has 0 heterocycles. The number of hydrogen-bond acceptors (Lipinski definition) is 1. The van der Waals surface area contributed by atoms with Crippen molar-refractivity contribution in [3.05, 3.63) is 12.2 Å². The molecule has 0 aromatic rings. The first-order valence-corrected chi connectivity index (χ1v) is 4.11. The van der Waals surface area contributed by atoms with Crippen LogP contribution in [0.1, 0.15) is 19.3 Å². The van der Waals surface area contributed by atoms with E-state index in [9.17, 15) is 0 Å². The Morgan fingerprint density at radius 3 is 2.92 bits per heavy atom. The normalized spacial score (nSPS) is 22.8. The van der Waals surface area contributed by atoms with Crippen LogP contribution >= 0.6 is 0 Å². The largest absolute Gasteiger partial charge is 0.365 e. The Morgan fingerprint density at radius 2 is 2.33 bits per heavy atom. The molecule has 0 saturated heterocycles. The zero-order valence-corrected chi connectivity index (χ0v) is 7.03. The first-order valence-electron chi connectivity index (χ1n) is 4.11. The second-order valence-corrected chi connectivity index (χ2v) is 2.88. The van der Waals surface area contributed by atoms with Gasteiger partial charge in [-0.25, -0.2) is 0 Å². The minimum Gasteiger partial charge on any atom is -0.365 e. The van der Waals surface area contributed by atoms with Crippen LogP contribution in [-0.4, -0.2) is 12.2 Å². The standard InChI is InChI=1S/C8H14N4/c9-8(10)12-11-6-7-4-2-1-3-5-7/h1-2,6-7H,3-5H2,(H4,9,10,12)/p+1/b11-6+/t7-/m0/s1. The molecule has 1 atom stereocenters. The fraction of sp³-hybridized carbons (Fsp3) is 0.500. The Morgan fingerprint density at radius 1 is 1.50 bits per heavy atom. The van der Waals surface area contributed by atoms with Crippen molar-refractivity contribution in [3.63, 3.8) is 0 Å². The van der Waals surface area contributed by atoms with Gasteiger partial charge in [0.25, 0.3) is 5.96 Å². The Kier molecular flexibility index (Phi) is 3.32. The maximum Gasteiger partial charge on any atom is 0.256 e. The van der Waals surface area contributed by atoms with Crippen LogP contribution in [0.4, 0.5) is 0 Å². The Hall–Kier alpha value is -1.32. The van der Waals surface area contributed by atoms with Gasteiger partial charge in [-0.3, -0.25) is 0 Å². The van der Waals surface area contributed by atoms with Crippen LogP contribution < -0.4 is 16.6 Å². The quantitative estimate of drug-likeness (QED) is 0.206. The van der Waals surface area contributed by atoms with Crippen LogP contribution in [0.5, 0.6) is 0 Å². The Bertz CT molecular complexity index is 213. The average molecular weight is 167 g/mol. The summed E-state index contributed by atoms with van der Waals surface area (Å²) in [5.74, 6) is 0.621. The van der Waals surface area contributed by atoms with Crippen molar-refractivity contribution >= 4 is 12.2 Å². The lowest BCUT2D eigenvalue weighted by molar-refractivity contribution is -0.459. The fourth-order valence-electron chi connectivity index (χ4n) is 1.19. The van der Waals surface area contributed by atoms with Crippen LogP contribution in [0.3, 0.4) is 0 Å². The average Bonchev–Trinajstić information content (AvgIpc) is 2.05. The molecule has 0 radical (unpaired) electrons. The smallest absolute Gasteiger partial charge is 0.256 e. The highest BCUT2D eigenvalue weighted by molar-refractivity contribution is 5.74. The van der Waals surface area contributed by atoms with E-state index in [1.54, 1.807) is 0 Å². The summed E-state index contributed by atoms with van der Waals surface area (Å²) in [6.07, 6.45) is 9.71. The molecule has 1 aliphatic rings. The maximum absolute atomic E-state index is 5.14. The minimum atomic E-state index is 0.0672. The van der Waals surface area contributed by atoms with E-state index in [0.29, 0.717) is 5.92 Å². The van der Waals surface area contributed by atoms with Crippen molar-refractivity contribution < 1.29 is 5.10 Å². The number of nitrogens with one attached hydrogen (secondary N) is 1. The molecular weight excluding hydrogens is 152 g/mol. The summed E-state index contributed by atoms with van der Waals surface area (Å²) >= 11 is 0. The first-order chi connectivity index (χ1) is 5.79. The second-order valence-electron chi connectivity index (χ2n) is 2.88. The third kappa shape index (κ3) is 3.18. The van der Waals surface area contributed by atoms with Crippen LogP contribution in [0, 0.1) is 5.92 Å². The SMILES string of the molecule is NC(N)=N/[NH+]=C/[C@H]1CC=CCC1. The molecule has 0 aromatic heterocycles. The molecule has 66 valence electrons. The molecule has 0 unspecified atom stereocenters. The van der Waals surface area contributed by atoms with Gasteiger partial charge in [-0.15, -0.1) is 5.10 Å². The maximum atomic E-state index is 5.14. The fourth-order valence-corrected chi connectivity index (χ4v) is 1.19. The number of hydrogen-bond donors (Lipinski definition) is 3. The molecule has 12 heavy (non-hydrogen) atoms. The van der Waals surface area contributed by atoms with E-state index in [2.05, 4.69) is 22.4 Å². The van der Waals surface area contributed by atoms with Gasteiger partial charge in [0.2, 0.25) is 0 Å². The molecule has 4 heteroatoms. The van der Waals surface area contributed by atoms with E-state index in [4.69, 9.17) is 11.5 Å². The number of guanidine groups is 1. The molecule has 0 fully saturated rings. The highest BCUT2D eigenvalue weighted by atomic mass is 15.3. The van der Waals surface area contributed by atoms with E-state index in [1.165, 1.54) is 6.42 Å². The lowest BCUT2D eigenvalue weighted by Crippen LogP contribution is -2.64. The highest BCUT2D eigenvalue weighted by Gasteiger charge is 2.08. The molecule has 0 spiro atoms. The van der Waals surface area contributed by atoms with Crippen LogP contribution in [0.25, 0.3) is 0 Å². The minimum absolute atomic E-state index is 0.0672. The van der Waals surface area contributed by atoms with Gasteiger partial charge in [0.1, 0.15) is 0 Å². The molecule has 4 nitrogen and oxygen atoms in total. The van der Waals surface area contributed by atoms with Gasteiger partial charge in [-0.05, 0) is 19.3 Å². The first kappa shape index (κ1) is 8.77. The van der Waals surface area contributed by atoms with Crippen molar-refractivity contribution in [2.24, 2.45) is 22.5 Å². The van der Waals surface area contributed by atoms with E-state index in [1.807, 2.05) is 6.21 Å². The lowest BCUT2D eigenvalue weighted by Gasteiger charge is -2.07. The Labute approximate surface area is 72.0 Å². The zero-order valence-electron chi connectivity index (χ0n) is 7.03. The van der Waals surface area contributed by atoms with Gasteiger partial charge >= 0.3 is 0 Å². The molecule has 1 aliphatic carbocycles. The van der Waals surface area contributed by atoms with Gasteiger partial charge in [0, 0.05) is 11.0 Å². The van der Waals surface area contributed by atoms with E-state index >= 15 is 0 Å². The molecule has 0 bridgehead atoms. The van der Waals surface area contributed by atoms with Crippen molar-refractivity contribution in [1.29, 1.82) is 0 Å². The van der Waals surface area contributed by atoms with Crippen molar-refractivity contribution in [3.8, 4) is 0 Å². The molecule has 1 rings (SSSR count). The van der Waals surface area contributed by atoms with Gasteiger partial charge in [0.15, 0.2) is 6.21 Å².